The average molecular weight is 377 g/mol. The SMILES string of the molecule is [C-]#[N+]CC1(C(C)(C)C)CCN(Cc2ccc(-c3cccc(CO)c3)cc2)CC1. The Morgan fingerprint density at radius 1 is 1.00 bits per heavy atom. The average Bonchev–Trinajstić information content (AvgIpc) is 2.69. The van der Waals surface area contributed by atoms with Gasteiger partial charge in [-0.2, -0.15) is 0 Å². The third kappa shape index (κ3) is 4.46. The van der Waals surface area contributed by atoms with Gasteiger partial charge in [-0.25, -0.2) is 6.57 Å². The Balaban J connectivity index is 1.63. The number of benzene rings is 2. The van der Waals surface area contributed by atoms with Crippen LogP contribution < -0.4 is 0 Å². The highest BCUT2D eigenvalue weighted by molar-refractivity contribution is 5.64. The normalized spacial score (nSPS) is 17.2. The minimum absolute atomic E-state index is 0.0738. The van der Waals surface area contributed by atoms with E-state index < -0.39 is 0 Å². The lowest BCUT2D eigenvalue weighted by molar-refractivity contribution is 0.0173. The Bertz CT molecular complexity index is 819. The molecule has 2 aromatic carbocycles. The van der Waals surface area contributed by atoms with E-state index in [0.29, 0.717) is 6.54 Å². The maximum atomic E-state index is 9.33. The molecule has 1 heterocycles. The molecule has 0 aliphatic carbocycles. The molecule has 0 radical (unpaired) electrons. The zero-order chi connectivity index (χ0) is 20.2. The number of aliphatic hydroxyl groups excluding tert-OH is 1. The largest absolute Gasteiger partial charge is 0.392 e. The third-order valence-corrected chi connectivity index (χ3v) is 6.59. The quantitative estimate of drug-likeness (QED) is 0.708. The van der Waals surface area contributed by atoms with Crippen LogP contribution in [-0.4, -0.2) is 29.6 Å². The lowest BCUT2D eigenvalue weighted by atomic mass is 9.61. The van der Waals surface area contributed by atoms with Gasteiger partial charge in [0.05, 0.1) is 6.61 Å². The Hall–Kier alpha value is -2.15. The van der Waals surface area contributed by atoms with E-state index in [9.17, 15) is 5.11 Å². The number of hydrogen-bond donors (Lipinski definition) is 1. The highest BCUT2D eigenvalue weighted by Gasteiger charge is 2.46. The van der Waals surface area contributed by atoms with Gasteiger partial charge in [0, 0.05) is 12.0 Å². The van der Waals surface area contributed by atoms with Gasteiger partial charge < -0.3 is 9.95 Å². The van der Waals surface area contributed by atoms with E-state index in [-0.39, 0.29) is 17.4 Å². The van der Waals surface area contributed by atoms with Crippen molar-refractivity contribution in [3.63, 3.8) is 0 Å². The molecule has 1 saturated heterocycles. The molecule has 28 heavy (non-hydrogen) atoms. The van der Waals surface area contributed by atoms with Crippen LogP contribution in [0.5, 0.6) is 0 Å². The van der Waals surface area contributed by atoms with E-state index in [0.717, 1.165) is 43.6 Å². The number of piperidine rings is 1. The van der Waals surface area contributed by atoms with Crippen LogP contribution in [0.4, 0.5) is 0 Å². The van der Waals surface area contributed by atoms with E-state index in [4.69, 9.17) is 6.57 Å². The molecule has 1 N–H and O–H groups in total. The summed E-state index contributed by atoms with van der Waals surface area (Å²) in [4.78, 5) is 6.30. The molecule has 0 bridgehead atoms. The van der Waals surface area contributed by atoms with Crippen molar-refractivity contribution >= 4 is 0 Å². The summed E-state index contributed by atoms with van der Waals surface area (Å²) in [5.41, 5.74) is 4.92. The summed E-state index contributed by atoms with van der Waals surface area (Å²) >= 11 is 0. The van der Waals surface area contributed by atoms with Crippen molar-refractivity contribution in [1.82, 2.24) is 4.90 Å². The van der Waals surface area contributed by atoms with E-state index in [1.165, 1.54) is 11.1 Å². The fraction of sp³-hybridized carbons (Fsp3) is 0.480. The predicted octanol–water partition coefficient (Wildman–Crippen LogP) is 5.39. The Morgan fingerprint density at radius 2 is 1.68 bits per heavy atom. The smallest absolute Gasteiger partial charge is 0.220 e. The van der Waals surface area contributed by atoms with Crippen molar-refractivity contribution < 1.29 is 5.11 Å². The first-order chi connectivity index (χ1) is 13.4. The third-order valence-electron chi connectivity index (χ3n) is 6.59. The highest BCUT2D eigenvalue weighted by Crippen LogP contribution is 2.47. The molecule has 0 saturated carbocycles. The zero-order valence-corrected chi connectivity index (χ0v) is 17.4. The summed E-state index contributed by atoms with van der Waals surface area (Å²) in [6.07, 6.45) is 2.20. The van der Waals surface area contributed by atoms with Crippen molar-refractivity contribution in [1.29, 1.82) is 0 Å². The topological polar surface area (TPSA) is 27.8 Å². The number of aliphatic hydroxyl groups is 1. The van der Waals surface area contributed by atoms with Crippen molar-refractivity contribution in [2.45, 2.75) is 46.8 Å². The first kappa shape index (κ1) is 20.6. The summed E-state index contributed by atoms with van der Waals surface area (Å²) in [5, 5.41) is 9.33. The van der Waals surface area contributed by atoms with E-state index in [1.54, 1.807) is 0 Å². The van der Waals surface area contributed by atoms with Crippen molar-refractivity contribution in [3.8, 4) is 11.1 Å². The summed E-state index contributed by atoms with van der Waals surface area (Å²) in [6, 6.07) is 16.8. The second kappa shape index (κ2) is 8.47. The molecule has 1 fully saturated rings. The Labute approximate surface area is 169 Å². The Kier molecular flexibility index (Phi) is 6.23. The van der Waals surface area contributed by atoms with Gasteiger partial charge in [0.2, 0.25) is 6.54 Å². The van der Waals surface area contributed by atoms with E-state index in [1.807, 2.05) is 18.2 Å². The van der Waals surface area contributed by atoms with Gasteiger partial charge >= 0.3 is 0 Å². The van der Waals surface area contributed by atoms with E-state index >= 15 is 0 Å². The lowest BCUT2D eigenvalue weighted by Gasteiger charge is -2.46. The van der Waals surface area contributed by atoms with Gasteiger partial charge in [-0.1, -0.05) is 63.2 Å². The van der Waals surface area contributed by atoms with Crippen LogP contribution in [-0.2, 0) is 13.2 Å². The fourth-order valence-corrected chi connectivity index (χ4v) is 4.35. The van der Waals surface area contributed by atoms with Gasteiger partial charge in [-0.15, -0.1) is 0 Å². The first-order valence-corrected chi connectivity index (χ1v) is 10.2. The molecular weight excluding hydrogens is 344 g/mol. The van der Waals surface area contributed by atoms with Crippen LogP contribution in [0.25, 0.3) is 16.0 Å². The summed E-state index contributed by atoms with van der Waals surface area (Å²) < 4.78 is 0. The second-order valence-corrected chi connectivity index (χ2v) is 9.18. The summed E-state index contributed by atoms with van der Waals surface area (Å²) in [5.74, 6) is 0. The van der Waals surface area contributed by atoms with Crippen molar-refractivity contribution in [2.75, 3.05) is 19.6 Å². The minimum Gasteiger partial charge on any atom is -0.392 e. The molecule has 1 aliphatic heterocycles. The van der Waals surface area contributed by atoms with Gasteiger partial charge in [0.1, 0.15) is 0 Å². The molecule has 3 heteroatoms. The minimum atomic E-state index is 0.0738. The van der Waals surface area contributed by atoms with Gasteiger partial charge in [0.15, 0.2) is 0 Å². The summed E-state index contributed by atoms with van der Waals surface area (Å²) in [7, 11) is 0. The van der Waals surface area contributed by atoms with Crippen molar-refractivity contribution in [3.05, 3.63) is 71.1 Å². The maximum Gasteiger partial charge on any atom is 0.220 e. The molecular formula is C25H32N2O. The van der Waals surface area contributed by atoms with Crippen LogP contribution in [0.15, 0.2) is 48.5 Å². The molecule has 148 valence electrons. The first-order valence-electron chi connectivity index (χ1n) is 10.2. The van der Waals surface area contributed by atoms with Crippen LogP contribution in [0.3, 0.4) is 0 Å². The Morgan fingerprint density at radius 3 is 2.25 bits per heavy atom. The summed E-state index contributed by atoms with van der Waals surface area (Å²) in [6.45, 7) is 18.1. The lowest BCUT2D eigenvalue weighted by Crippen LogP contribution is -2.47. The van der Waals surface area contributed by atoms with Gasteiger partial charge in [-0.05, 0) is 59.7 Å². The second-order valence-electron chi connectivity index (χ2n) is 9.18. The molecule has 2 aromatic rings. The molecule has 0 unspecified atom stereocenters. The van der Waals surface area contributed by atoms with Crippen molar-refractivity contribution in [2.24, 2.45) is 10.8 Å². The van der Waals surface area contributed by atoms with Crippen LogP contribution in [0, 0.1) is 17.4 Å². The number of likely N-dealkylation sites (tertiary alicyclic amines) is 1. The standard InChI is InChI=1S/C25H32N2O/c1-24(2,3)25(19-26-4)12-14-27(15-13-25)17-20-8-10-22(11-9-20)23-7-5-6-21(16-23)18-28/h5-11,16,28H,12-15,17-19H2,1-3H3. The highest BCUT2D eigenvalue weighted by atomic mass is 16.3. The molecule has 0 spiro atoms. The number of hydrogen-bond acceptors (Lipinski definition) is 2. The van der Waals surface area contributed by atoms with Gasteiger partial charge in [-0.3, -0.25) is 4.90 Å². The van der Waals surface area contributed by atoms with Crippen LogP contribution >= 0.6 is 0 Å². The molecule has 0 aromatic heterocycles. The monoisotopic (exact) mass is 376 g/mol. The van der Waals surface area contributed by atoms with E-state index in [2.05, 4.69) is 60.8 Å². The number of rotatable bonds is 5. The molecule has 0 amide bonds. The zero-order valence-electron chi connectivity index (χ0n) is 17.4. The fourth-order valence-electron chi connectivity index (χ4n) is 4.35. The number of nitrogens with zero attached hydrogens (tertiary/aromatic N) is 2. The predicted molar refractivity (Wildman–Crippen MR) is 116 cm³/mol. The van der Waals surface area contributed by atoms with Crippen LogP contribution in [0.2, 0.25) is 0 Å². The maximum absolute atomic E-state index is 9.33. The van der Waals surface area contributed by atoms with Gasteiger partial charge in [0.25, 0.3) is 0 Å². The van der Waals surface area contributed by atoms with Crippen LogP contribution in [0.1, 0.15) is 44.7 Å². The molecule has 3 nitrogen and oxygen atoms in total. The molecule has 3 rings (SSSR count). The molecule has 0 atom stereocenters. The molecule has 1 aliphatic rings.